The highest BCUT2D eigenvalue weighted by molar-refractivity contribution is 9.10. The van der Waals surface area contributed by atoms with E-state index in [0.29, 0.717) is 6.04 Å². The van der Waals surface area contributed by atoms with Crippen molar-refractivity contribution in [2.45, 2.75) is 45.6 Å². The molecule has 1 saturated heterocycles. The van der Waals surface area contributed by atoms with Gasteiger partial charge < -0.3 is 10.2 Å². The first-order chi connectivity index (χ1) is 11.2. The Balaban J connectivity index is 1.85. The van der Waals surface area contributed by atoms with Gasteiger partial charge >= 0.3 is 0 Å². The van der Waals surface area contributed by atoms with E-state index in [0.717, 1.165) is 34.2 Å². The first-order valence-electron chi connectivity index (χ1n) is 8.30. The van der Waals surface area contributed by atoms with Gasteiger partial charge in [-0.2, -0.15) is 0 Å². The highest BCUT2D eigenvalue weighted by atomic mass is 79.9. The van der Waals surface area contributed by atoms with E-state index in [2.05, 4.69) is 49.1 Å². The molecular weight excluding hydrogens is 352 g/mol. The van der Waals surface area contributed by atoms with Crippen molar-refractivity contribution in [1.82, 2.24) is 9.97 Å². The maximum Gasteiger partial charge on any atom is 0.136 e. The van der Waals surface area contributed by atoms with E-state index in [4.69, 9.17) is 0 Å². The molecule has 0 radical (unpaired) electrons. The zero-order valence-electron chi connectivity index (χ0n) is 13.7. The molecule has 1 N–H and O–H groups in total. The Bertz CT molecular complexity index is 657. The fourth-order valence-corrected chi connectivity index (χ4v) is 3.44. The number of aryl methyl sites for hydroxylation is 1. The summed E-state index contributed by atoms with van der Waals surface area (Å²) in [7, 11) is 0. The van der Waals surface area contributed by atoms with Crippen LogP contribution in [-0.2, 0) is 0 Å². The van der Waals surface area contributed by atoms with Gasteiger partial charge in [-0.25, -0.2) is 9.97 Å². The molecule has 1 aromatic heterocycles. The Hall–Kier alpha value is -1.62. The molecule has 0 amide bonds. The van der Waals surface area contributed by atoms with Crippen molar-refractivity contribution in [3.05, 3.63) is 40.6 Å². The molecule has 1 unspecified atom stereocenters. The molecule has 1 aliphatic rings. The standard InChI is InChI=1S/C18H23BrN4/c1-3-16-6-4-5-11-23(16)18-12-17(20-13(2)21-18)22-15-9-7-14(19)8-10-15/h7-10,12,16H,3-6,11H2,1-2H3,(H,20,21,22). The number of hydrogen-bond donors (Lipinski definition) is 1. The molecule has 0 bridgehead atoms. The average molecular weight is 375 g/mol. The lowest BCUT2D eigenvalue weighted by atomic mass is 10.00. The fraction of sp³-hybridized carbons (Fsp3) is 0.444. The second kappa shape index (κ2) is 7.30. The van der Waals surface area contributed by atoms with Gasteiger partial charge in [0.1, 0.15) is 17.5 Å². The molecule has 0 spiro atoms. The first kappa shape index (κ1) is 16.2. The van der Waals surface area contributed by atoms with Crippen LogP contribution >= 0.6 is 15.9 Å². The van der Waals surface area contributed by atoms with Gasteiger partial charge in [-0.15, -0.1) is 0 Å². The highest BCUT2D eigenvalue weighted by Gasteiger charge is 2.22. The predicted octanol–water partition coefficient (Wildman–Crippen LogP) is 5.06. The molecule has 1 aliphatic heterocycles. The molecule has 2 heterocycles. The third kappa shape index (κ3) is 4.02. The number of benzene rings is 1. The van der Waals surface area contributed by atoms with Crippen LogP contribution in [0.3, 0.4) is 0 Å². The average Bonchev–Trinajstić information content (AvgIpc) is 2.56. The Labute approximate surface area is 146 Å². The number of rotatable bonds is 4. The van der Waals surface area contributed by atoms with Crippen LogP contribution in [0, 0.1) is 6.92 Å². The highest BCUT2D eigenvalue weighted by Crippen LogP contribution is 2.27. The lowest BCUT2D eigenvalue weighted by Gasteiger charge is -2.36. The number of nitrogens with one attached hydrogen (secondary N) is 1. The molecule has 3 rings (SSSR count). The number of halogens is 1. The van der Waals surface area contributed by atoms with Crippen molar-refractivity contribution in [2.24, 2.45) is 0 Å². The monoisotopic (exact) mass is 374 g/mol. The SMILES string of the molecule is CCC1CCCCN1c1cc(Nc2ccc(Br)cc2)nc(C)n1. The van der Waals surface area contributed by atoms with E-state index < -0.39 is 0 Å². The summed E-state index contributed by atoms with van der Waals surface area (Å²) in [6, 6.07) is 10.8. The molecule has 1 fully saturated rings. The molecule has 2 aromatic rings. The molecule has 0 saturated carbocycles. The topological polar surface area (TPSA) is 41.0 Å². The maximum absolute atomic E-state index is 4.68. The van der Waals surface area contributed by atoms with Crippen molar-refractivity contribution in [3.63, 3.8) is 0 Å². The zero-order chi connectivity index (χ0) is 16.2. The Morgan fingerprint density at radius 2 is 2.00 bits per heavy atom. The number of nitrogens with zero attached hydrogens (tertiary/aromatic N) is 3. The molecule has 4 nitrogen and oxygen atoms in total. The van der Waals surface area contributed by atoms with Crippen molar-refractivity contribution in [3.8, 4) is 0 Å². The van der Waals surface area contributed by atoms with Crippen LogP contribution in [0.1, 0.15) is 38.4 Å². The predicted molar refractivity (Wildman–Crippen MR) is 99.5 cm³/mol. The summed E-state index contributed by atoms with van der Waals surface area (Å²) in [6.07, 6.45) is 4.99. The molecule has 5 heteroatoms. The van der Waals surface area contributed by atoms with E-state index in [1.807, 2.05) is 31.2 Å². The van der Waals surface area contributed by atoms with Gasteiger partial charge in [0.2, 0.25) is 0 Å². The summed E-state index contributed by atoms with van der Waals surface area (Å²) < 4.78 is 1.07. The number of anilines is 3. The van der Waals surface area contributed by atoms with Gasteiger partial charge in [0.05, 0.1) is 0 Å². The van der Waals surface area contributed by atoms with Crippen LogP contribution < -0.4 is 10.2 Å². The van der Waals surface area contributed by atoms with Crippen LogP contribution in [0.15, 0.2) is 34.8 Å². The molecule has 1 aromatic carbocycles. The number of piperidine rings is 1. The van der Waals surface area contributed by atoms with Crippen molar-refractivity contribution in [1.29, 1.82) is 0 Å². The number of hydrogen-bond acceptors (Lipinski definition) is 4. The van der Waals surface area contributed by atoms with E-state index >= 15 is 0 Å². The van der Waals surface area contributed by atoms with Gasteiger partial charge in [-0.1, -0.05) is 22.9 Å². The Morgan fingerprint density at radius 1 is 1.22 bits per heavy atom. The minimum Gasteiger partial charge on any atom is -0.353 e. The summed E-state index contributed by atoms with van der Waals surface area (Å²) >= 11 is 3.46. The van der Waals surface area contributed by atoms with Gasteiger partial charge in [0.25, 0.3) is 0 Å². The molecule has 1 atom stereocenters. The lowest BCUT2D eigenvalue weighted by molar-refractivity contribution is 0.446. The smallest absolute Gasteiger partial charge is 0.136 e. The zero-order valence-corrected chi connectivity index (χ0v) is 15.3. The molecular formula is C18H23BrN4. The number of aromatic nitrogens is 2. The van der Waals surface area contributed by atoms with Crippen LogP contribution in [0.25, 0.3) is 0 Å². The maximum atomic E-state index is 4.68. The largest absolute Gasteiger partial charge is 0.353 e. The van der Waals surface area contributed by atoms with Gasteiger partial charge in [0.15, 0.2) is 0 Å². The lowest BCUT2D eigenvalue weighted by Crippen LogP contribution is -2.39. The summed E-state index contributed by atoms with van der Waals surface area (Å²) in [6.45, 7) is 5.31. The van der Waals surface area contributed by atoms with Gasteiger partial charge in [-0.05, 0) is 56.9 Å². The Morgan fingerprint density at radius 3 is 2.74 bits per heavy atom. The van der Waals surface area contributed by atoms with E-state index in [9.17, 15) is 0 Å². The van der Waals surface area contributed by atoms with Crippen LogP contribution in [0.4, 0.5) is 17.3 Å². The van der Waals surface area contributed by atoms with Crippen LogP contribution in [0.5, 0.6) is 0 Å². The summed E-state index contributed by atoms with van der Waals surface area (Å²) in [5.41, 5.74) is 1.03. The second-order valence-electron chi connectivity index (χ2n) is 6.04. The van der Waals surface area contributed by atoms with E-state index in [-0.39, 0.29) is 0 Å². The third-order valence-electron chi connectivity index (χ3n) is 4.33. The molecule has 122 valence electrons. The summed E-state index contributed by atoms with van der Waals surface area (Å²) in [4.78, 5) is 11.7. The molecule has 0 aliphatic carbocycles. The minimum absolute atomic E-state index is 0.596. The quantitative estimate of drug-likeness (QED) is 0.811. The van der Waals surface area contributed by atoms with Crippen molar-refractivity contribution < 1.29 is 0 Å². The third-order valence-corrected chi connectivity index (χ3v) is 4.86. The van der Waals surface area contributed by atoms with Crippen molar-refractivity contribution >= 4 is 33.3 Å². The van der Waals surface area contributed by atoms with Gasteiger partial charge in [0, 0.05) is 28.8 Å². The molecule has 23 heavy (non-hydrogen) atoms. The Kier molecular flexibility index (Phi) is 5.16. The van der Waals surface area contributed by atoms with E-state index in [1.54, 1.807) is 0 Å². The second-order valence-corrected chi connectivity index (χ2v) is 6.96. The van der Waals surface area contributed by atoms with Crippen LogP contribution in [0.2, 0.25) is 0 Å². The summed E-state index contributed by atoms with van der Waals surface area (Å²) in [5, 5.41) is 3.39. The van der Waals surface area contributed by atoms with Gasteiger partial charge in [-0.3, -0.25) is 0 Å². The first-order valence-corrected chi connectivity index (χ1v) is 9.10. The van der Waals surface area contributed by atoms with Crippen molar-refractivity contribution in [2.75, 3.05) is 16.8 Å². The minimum atomic E-state index is 0.596. The normalized spacial score (nSPS) is 18.0. The van der Waals surface area contributed by atoms with Crippen LogP contribution in [-0.4, -0.2) is 22.6 Å². The van der Waals surface area contributed by atoms with E-state index in [1.165, 1.54) is 25.7 Å². The fourth-order valence-electron chi connectivity index (χ4n) is 3.17. The summed E-state index contributed by atoms with van der Waals surface area (Å²) in [5.74, 6) is 2.71.